The second-order valence-corrected chi connectivity index (χ2v) is 3.59. The molecular formula is C14H18O. The van der Waals surface area contributed by atoms with Crippen LogP contribution in [0.2, 0.25) is 0 Å². The van der Waals surface area contributed by atoms with Gasteiger partial charge < -0.3 is 4.74 Å². The van der Waals surface area contributed by atoms with Gasteiger partial charge in [0.2, 0.25) is 0 Å². The molecule has 0 saturated carbocycles. The Labute approximate surface area is 92.5 Å². The van der Waals surface area contributed by atoms with Gasteiger partial charge in [-0.3, -0.25) is 0 Å². The van der Waals surface area contributed by atoms with E-state index in [4.69, 9.17) is 4.74 Å². The number of hydrogen-bond acceptors (Lipinski definition) is 1. The second kappa shape index (κ2) is 6.14. The van der Waals surface area contributed by atoms with Gasteiger partial charge in [0, 0.05) is 12.8 Å². The van der Waals surface area contributed by atoms with E-state index < -0.39 is 0 Å². The van der Waals surface area contributed by atoms with Gasteiger partial charge in [-0.2, -0.15) is 0 Å². The fourth-order valence-electron chi connectivity index (χ4n) is 1.40. The smallest absolute Gasteiger partial charge is 0.118 e. The molecule has 1 heteroatoms. The molecule has 1 atom stereocenters. The molecule has 1 aromatic rings. The molecule has 1 unspecified atom stereocenters. The summed E-state index contributed by atoms with van der Waals surface area (Å²) in [4.78, 5) is 0. The molecule has 0 aromatic heterocycles. The van der Waals surface area contributed by atoms with Gasteiger partial charge in [-0.15, -0.1) is 11.8 Å². The second-order valence-electron chi connectivity index (χ2n) is 3.59. The predicted molar refractivity (Wildman–Crippen MR) is 64.1 cm³/mol. The summed E-state index contributed by atoms with van der Waals surface area (Å²) in [7, 11) is 1.69. The third-order valence-corrected chi connectivity index (χ3v) is 2.39. The standard InChI is InChI=1S/C14H18O/c1-4-5-6-7-12(2)13-8-10-14(15-3)11-9-13/h8-12H,4,7H2,1-3H3. The number of benzene rings is 1. The van der Waals surface area contributed by atoms with Gasteiger partial charge in [0.25, 0.3) is 0 Å². The topological polar surface area (TPSA) is 9.23 Å². The van der Waals surface area contributed by atoms with Crippen LogP contribution >= 0.6 is 0 Å². The summed E-state index contributed by atoms with van der Waals surface area (Å²) in [5.74, 6) is 7.68. The van der Waals surface area contributed by atoms with Crippen LogP contribution in [0.5, 0.6) is 5.75 Å². The molecule has 0 amide bonds. The minimum Gasteiger partial charge on any atom is -0.497 e. The lowest BCUT2D eigenvalue weighted by Crippen LogP contribution is -1.92. The van der Waals surface area contributed by atoms with E-state index in [1.165, 1.54) is 5.56 Å². The molecule has 0 aliphatic carbocycles. The molecule has 0 radical (unpaired) electrons. The zero-order valence-corrected chi connectivity index (χ0v) is 9.71. The van der Waals surface area contributed by atoms with Crippen molar-refractivity contribution in [1.29, 1.82) is 0 Å². The molecule has 0 N–H and O–H groups in total. The largest absolute Gasteiger partial charge is 0.497 e. The van der Waals surface area contributed by atoms with Crippen LogP contribution in [0.1, 0.15) is 38.2 Å². The first kappa shape index (κ1) is 11.7. The Morgan fingerprint density at radius 3 is 2.40 bits per heavy atom. The highest BCUT2D eigenvalue weighted by Crippen LogP contribution is 2.21. The van der Waals surface area contributed by atoms with Crippen molar-refractivity contribution in [2.24, 2.45) is 0 Å². The van der Waals surface area contributed by atoms with Crippen molar-refractivity contribution in [1.82, 2.24) is 0 Å². The highest BCUT2D eigenvalue weighted by Gasteiger charge is 2.03. The minimum atomic E-state index is 0.495. The molecule has 1 rings (SSSR count). The van der Waals surface area contributed by atoms with Gasteiger partial charge in [-0.05, 0) is 23.6 Å². The molecule has 0 heterocycles. The fraction of sp³-hybridized carbons (Fsp3) is 0.429. The summed E-state index contributed by atoms with van der Waals surface area (Å²) in [5.41, 5.74) is 1.32. The molecule has 1 aromatic carbocycles. The molecule has 15 heavy (non-hydrogen) atoms. The zero-order valence-electron chi connectivity index (χ0n) is 9.71. The summed E-state index contributed by atoms with van der Waals surface area (Å²) in [6, 6.07) is 8.21. The average Bonchev–Trinajstić information content (AvgIpc) is 2.29. The van der Waals surface area contributed by atoms with Gasteiger partial charge >= 0.3 is 0 Å². The highest BCUT2D eigenvalue weighted by molar-refractivity contribution is 5.29. The SMILES string of the molecule is CCC#CCC(C)c1ccc(OC)cc1. The Bertz CT molecular complexity index is 340. The van der Waals surface area contributed by atoms with Crippen LogP contribution in [0.15, 0.2) is 24.3 Å². The van der Waals surface area contributed by atoms with Gasteiger partial charge in [0.15, 0.2) is 0 Å². The third kappa shape index (κ3) is 3.67. The monoisotopic (exact) mass is 202 g/mol. The first-order valence-electron chi connectivity index (χ1n) is 5.37. The van der Waals surface area contributed by atoms with Crippen molar-refractivity contribution in [2.75, 3.05) is 7.11 Å². The lowest BCUT2D eigenvalue weighted by molar-refractivity contribution is 0.414. The van der Waals surface area contributed by atoms with E-state index in [0.29, 0.717) is 5.92 Å². The van der Waals surface area contributed by atoms with Crippen molar-refractivity contribution in [2.45, 2.75) is 32.6 Å². The van der Waals surface area contributed by atoms with Crippen molar-refractivity contribution >= 4 is 0 Å². The summed E-state index contributed by atoms with van der Waals surface area (Å²) in [5, 5.41) is 0. The van der Waals surface area contributed by atoms with Crippen molar-refractivity contribution in [3.05, 3.63) is 29.8 Å². The normalized spacial score (nSPS) is 11.4. The summed E-state index contributed by atoms with van der Waals surface area (Å²) < 4.78 is 5.12. The molecule has 0 saturated heterocycles. The molecule has 0 bridgehead atoms. The van der Waals surface area contributed by atoms with Gasteiger partial charge in [0.05, 0.1) is 7.11 Å². The van der Waals surface area contributed by atoms with Crippen LogP contribution in [0.25, 0.3) is 0 Å². The number of hydrogen-bond donors (Lipinski definition) is 0. The predicted octanol–water partition coefficient (Wildman–Crippen LogP) is 3.60. The van der Waals surface area contributed by atoms with Gasteiger partial charge in [0.1, 0.15) is 5.75 Å². The van der Waals surface area contributed by atoms with E-state index in [-0.39, 0.29) is 0 Å². The Morgan fingerprint density at radius 1 is 1.20 bits per heavy atom. The summed E-state index contributed by atoms with van der Waals surface area (Å²) in [6.07, 6.45) is 1.87. The van der Waals surface area contributed by atoms with E-state index in [9.17, 15) is 0 Å². The van der Waals surface area contributed by atoms with Crippen LogP contribution in [0.3, 0.4) is 0 Å². The number of rotatable bonds is 3. The van der Waals surface area contributed by atoms with Gasteiger partial charge in [-0.25, -0.2) is 0 Å². The lowest BCUT2D eigenvalue weighted by atomic mass is 9.98. The molecule has 0 aliphatic rings. The van der Waals surface area contributed by atoms with Gasteiger partial charge in [-0.1, -0.05) is 26.0 Å². The first-order valence-corrected chi connectivity index (χ1v) is 5.37. The van der Waals surface area contributed by atoms with E-state index >= 15 is 0 Å². The van der Waals surface area contributed by atoms with Crippen LogP contribution in [0.4, 0.5) is 0 Å². The number of ether oxygens (including phenoxy) is 1. The van der Waals surface area contributed by atoms with E-state index in [2.05, 4.69) is 37.8 Å². The highest BCUT2D eigenvalue weighted by atomic mass is 16.5. The maximum absolute atomic E-state index is 5.12. The third-order valence-electron chi connectivity index (χ3n) is 2.39. The van der Waals surface area contributed by atoms with Crippen molar-refractivity contribution < 1.29 is 4.74 Å². The minimum absolute atomic E-state index is 0.495. The first-order chi connectivity index (χ1) is 7.27. The van der Waals surface area contributed by atoms with E-state index in [1.807, 2.05) is 12.1 Å². The van der Waals surface area contributed by atoms with Crippen LogP contribution < -0.4 is 4.74 Å². The molecule has 80 valence electrons. The molecule has 0 fully saturated rings. The lowest BCUT2D eigenvalue weighted by Gasteiger charge is -2.08. The maximum atomic E-state index is 5.12. The number of methoxy groups -OCH3 is 1. The molecule has 0 aliphatic heterocycles. The molecule has 1 nitrogen and oxygen atoms in total. The Kier molecular flexibility index (Phi) is 4.77. The summed E-state index contributed by atoms with van der Waals surface area (Å²) in [6.45, 7) is 4.27. The maximum Gasteiger partial charge on any atom is 0.118 e. The van der Waals surface area contributed by atoms with Crippen LogP contribution in [-0.2, 0) is 0 Å². The van der Waals surface area contributed by atoms with Crippen molar-refractivity contribution in [3.8, 4) is 17.6 Å². The van der Waals surface area contributed by atoms with Crippen LogP contribution in [-0.4, -0.2) is 7.11 Å². The van der Waals surface area contributed by atoms with E-state index in [0.717, 1.165) is 18.6 Å². The zero-order chi connectivity index (χ0) is 11.1. The van der Waals surface area contributed by atoms with Crippen LogP contribution in [0, 0.1) is 11.8 Å². The Morgan fingerprint density at radius 2 is 1.87 bits per heavy atom. The average molecular weight is 202 g/mol. The van der Waals surface area contributed by atoms with Crippen molar-refractivity contribution in [3.63, 3.8) is 0 Å². The summed E-state index contributed by atoms with van der Waals surface area (Å²) >= 11 is 0. The molecular weight excluding hydrogens is 184 g/mol. The fourth-order valence-corrected chi connectivity index (χ4v) is 1.40. The van der Waals surface area contributed by atoms with E-state index in [1.54, 1.807) is 7.11 Å². The molecule has 0 spiro atoms. The Hall–Kier alpha value is -1.42. The quantitative estimate of drug-likeness (QED) is 0.680. The Balaban J connectivity index is 2.61.